The molecular weight excluding hydrogens is 264 g/mol. The van der Waals surface area contributed by atoms with E-state index in [1.165, 1.54) is 10.9 Å². The van der Waals surface area contributed by atoms with Crippen molar-refractivity contribution in [1.82, 2.24) is 19.0 Å². The van der Waals surface area contributed by atoms with E-state index in [1.54, 1.807) is 17.5 Å². The molecule has 0 N–H and O–H groups in total. The van der Waals surface area contributed by atoms with Gasteiger partial charge in [-0.3, -0.25) is 4.68 Å². The van der Waals surface area contributed by atoms with Gasteiger partial charge in [0, 0.05) is 32.9 Å². The van der Waals surface area contributed by atoms with Gasteiger partial charge in [0.2, 0.25) is 10.0 Å². The number of rotatable bonds is 4. The average Bonchev–Trinajstić information content (AvgIpc) is 2.75. The quantitative estimate of drug-likeness (QED) is 0.771. The van der Waals surface area contributed by atoms with Crippen molar-refractivity contribution < 1.29 is 8.42 Å². The largest absolute Gasteiger partial charge is 0.309 e. The Balaban J connectivity index is 1.68. The van der Waals surface area contributed by atoms with Gasteiger partial charge in [-0.15, -0.1) is 0 Å². The van der Waals surface area contributed by atoms with Gasteiger partial charge in [0.1, 0.15) is 4.90 Å². The summed E-state index contributed by atoms with van der Waals surface area (Å²) < 4.78 is 28.0. The molecule has 0 aromatic carbocycles. The molecule has 3 atom stereocenters. The second-order valence-corrected chi connectivity index (χ2v) is 7.86. The van der Waals surface area contributed by atoms with Crippen molar-refractivity contribution in [3.8, 4) is 0 Å². The molecule has 1 aliphatic carbocycles. The maximum Gasteiger partial charge on any atom is 0.246 e. The third-order valence-electron chi connectivity index (χ3n) is 4.23. The highest BCUT2D eigenvalue weighted by Gasteiger charge is 2.57. The topological polar surface area (TPSA) is 58.4 Å². The van der Waals surface area contributed by atoms with Gasteiger partial charge in [-0.25, -0.2) is 8.42 Å². The number of fused-ring (bicyclic) bond motifs is 1. The summed E-state index contributed by atoms with van der Waals surface area (Å²) in [5.41, 5.74) is 0. The lowest BCUT2D eigenvalue weighted by Crippen LogP contribution is -2.32. The monoisotopic (exact) mass is 284 g/mol. The van der Waals surface area contributed by atoms with Gasteiger partial charge in [-0.1, -0.05) is 0 Å². The third kappa shape index (κ3) is 2.19. The van der Waals surface area contributed by atoms with E-state index in [0.29, 0.717) is 35.7 Å². The first-order valence-corrected chi connectivity index (χ1v) is 7.97. The summed E-state index contributed by atoms with van der Waals surface area (Å²) in [5, 5.41) is 3.94. The highest BCUT2D eigenvalue weighted by atomic mass is 32.2. The minimum atomic E-state index is -3.34. The number of sulfonamides is 1. The predicted molar refractivity (Wildman–Crippen MR) is 71.0 cm³/mol. The standard InChI is InChI=1S/C12H20N4O2S/c1-14(2)6-10-11-7-16(8-12(10)11)19(17,18)9-4-13-15(3)5-9/h4-5,10-12H,6-8H2,1-3H3/t10?,11-,12+. The molecule has 0 radical (unpaired) electrons. The Labute approximate surface area is 114 Å². The molecule has 0 bridgehead atoms. The Bertz CT molecular complexity index is 568. The van der Waals surface area contributed by atoms with Gasteiger partial charge in [0.05, 0.1) is 6.20 Å². The van der Waals surface area contributed by atoms with Crippen LogP contribution in [0.1, 0.15) is 0 Å². The number of hydrogen-bond donors (Lipinski definition) is 0. The molecule has 1 saturated heterocycles. The molecule has 1 saturated carbocycles. The van der Waals surface area contributed by atoms with Crippen LogP contribution in [0.3, 0.4) is 0 Å². The van der Waals surface area contributed by atoms with E-state index in [2.05, 4.69) is 24.1 Å². The van der Waals surface area contributed by atoms with Gasteiger partial charge < -0.3 is 4.90 Å². The summed E-state index contributed by atoms with van der Waals surface area (Å²) in [6.07, 6.45) is 2.99. The van der Waals surface area contributed by atoms with Crippen molar-refractivity contribution in [3.05, 3.63) is 12.4 Å². The zero-order valence-electron chi connectivity index (χ0n) is 11.5. The third-order valence-corrected chi connectivity index (χ3v) is 6.02. The zero-order valence-corrected chi connectivity index (χ0v) is 12.3. The summed E-state index contributed by atoms with van der Waals surface area (Å²) in [7, 11) is 2.53. The second kappa shape index (κ2) is 4.29. The van der Waals surface area contributed by atoms with Gasteiger partial charge in [0.25, 0.3) is 0 Å². The van der Waals surface area contributed by atoms with Crippen molar-refractivity contribution in [2.75, 3.05) is 33.7 Å². The van der Waals surface area contributed by atoms with Crippen LogP contribution in [0.5, 0.6) is 0 Å². The van der Waals surface area contributed by atoms with Crippen molar-refractivity contribution in [2.24, 2.45) is 24.8 Å². The van der Waals surface area contributed by atoms with Crippen molar-refractivity contribution >= 4 is 10.0 Å². The van der Waals surface area contributed by atoms with Crippen LogP contribution in [-0.4, -0.2) is 61.1 Å². The molecular formula is C12H20N4O2S. The first-order valence-electron chi connectivity index (χ1n) is 6.53. The van der Waals surface area contributed by atoms with Gasteiger partial charge in [-0.05, 0) is 31.8 Å². The van der Waals surface area contributed by atoms with E-state index in [1.807, 2.05) is 0 Å². The molecule has 0 amide bonds. The zero-order chi connectivity index (χ0) is 13.8. The van der Waals surface area contributed by atoms with Gasteiger partial charge in [-0.2, -0.15) is 9.40 Å². The predicted octanol–water partition coefficient (Wildman–Crippen LogP) is -0.152. The van der Waals surface area contributed by atoms with Crippen LogP contribution in [0.2, 0.25) is 0 Å². The lowest BCUT2D eigenvalue weighted by molar-refractivity contribution is 0.334. The first-order chi connectivity index (χ1) is 8.89. The van der Waals surface area contributed by atoms with Crippen LogP contribution < -0.4 is 0 Å². The van der Waals surface area contributed by atoms with Crippen molar-refractivity contribution in [3.63, 3.8) is 0 Å². The smallest absolute Gasteiger partial charge is 0.246 e. The van der Waals surface area contributed by atoms with E-state index in [4.69, 9.17) is 0 Å². The molecule has 0 spiro atoms. The Morgan fingerprint density at radius 1 is 1.37 bits per heavy atom. The van der Waals surface area contributed by atoms with Crippen LogP contribution in [0.15, 0.2) is 17.3 Å². The van der Waals surface area contributed by atoms with Gasteiger partial charge in [0.15, 0.2) is 0 Å². The maximum atomic E-state index is 12.4. The van der Waals surface area contributed by atoms with E-state index in [0.717, 1.165) is 6.54 Å². The minimum absolute atomic E-state index is 0.306. The van der Waals surface area contributed by atoms with Crippen molar-refractivity contribution in [1.29, 1.82) is 0 Å². The fraction of sp³-hybridized carbons (Fsp3) is 0.750. The fourth-order valence-corrected chi connectivity index (χ4v) is 4.68. The summed E-state index contributed by atoms with van der Waals surface area (Å²) in [5.74, 6) is 1.78. The highest BCUT2D eigenvalue weighted by Crippen LogP contribution is 2.52. The first kappa shape index (κ1) is 13.1. The maximum absolute atomic E-state index is 12.4. The highest BCUT2D eigenvalue weighted by molar-refractivity contribution is 7.89. The Morgan fingerprint density at radius 2 is 2.00 bits per heavy atom. The van der Waals surface area contributed by atoms with Crippen LogP contribution in [0, 0.1) is 17.8 Å². The minimum Gasteiger partial charge on any atom is -0.309 e. The molecule has 2 fully saturated rings. The van der Waals surface area contributed by atoms with E-state index >= 15 is 0 Å². The van der Waals surface area contributed by atoms with Crippen LogP contribution in [0.25, 0.3) is 0 Å². The van der Waals surface area contributed by atoms with E-state index < -0.39 is 10.0 Å². The molecule has 2 aliphatic rings. The lowest BCUT2D eigenvalue weighted by atomic mass is 10.3. The number of nitrogens with zero attached hydrogens (tertiary/aromatic N) is 4. The molecule has 6 nitrogen and oxygen atoms in total. The SMILES string of the molecule is CN(C)CC1[C@H]2CN(S(=O)(=O)c3cnn(C)c3)C[C@@H]12. The molecule has 1 aliphatic heterocycles. The van der Waals surface area contributed by atoms with Gasteiger partial charge >= 0.3 is 0 Å². The normalized spacial score (nSPS) is 30.8. The Hall–Kier alpha value is -0.920. The molecule has 2 heterocycles. The Morgan fingerprint density at radius 3 is 2.47 bits per heavy atom. The molecule has 7 heteroatoms. The molecule has 1 unspecified atom stereocenters. The average molecular weight is 284 g/mol. The molecule has 19 heavy (non-hydrogen) atoms. The number of aryl methyl sites for hydroxylation is 1. The molecule has 106 valence electrons. The summed E-state index contributed by atoms with van der Waals surface area (Å²) >= 11 is 0. The fourth-order valence-electron chi connectivity index (χ4n) is 3.18. The lowest BCUT2D eigenvalue weighted by Gasteiger charge is -2.19. The van der Waals surface area contributed by atoms with Crippen LogP contribution in [-0.2, 0) is 17.1 Å². The number of hydrogen-bond acceptors (Lipinski definition) is 4. The number of aromatic nitrogens is 2. The van der Waals surface area contributed by atoms with Crippen LogP contribution in [0.4, 0.5) is 0 Å². The summed E-state index contributed by atoms with van der Waals surface area (Å²) in [6.45, 7) is 2.40. The summed E-state index contributed by atoms with van der Waals surface area (Å²) in [6, 6.07) is 0. The van der Waals surface area contributed by atoms with E-state index in [9.17, 15) is 8.42 Å². The molecule has 1 aromatic rings. The summed E-state index contributed by atoms with van der Waals surface area (Å²) in [4.78, 5) is 2.49. The van der Waals surface area contributed by atoms with Crippen LogP contribution >= 0.6 is 0 Å². The van der Waals surface area contributed by atoms with E-state index in [-0.39, 0.29) is 0 Å². The molecule has 1 aromatic heterocycles. The molecule has 3 rings (SSSR count). The van der Waals surface area contributed by atoms with Crippen molar-refractivity contribution in [2.45, 2.75) is 4.90 Å². The Kier molecular flexibility index (Phi) is 2.95. The second-order valence-electron chi connectivity index (χ2n) is 5.93. The number of piperidine rings is 1.